The molecule has 1 amide bonds. The molecule has 0 saturated carbocycles. The lowest BCUT2D eigenvalue weighted by Gasteiger charge is -2.39. The molecule has 182 valence electrons. The molecule has 0 radical (unpaired) electrons. The predicted octanol–water partition coefficient (Wildman–Crippen LogP) is 3.72. The molecule has 7 nitrogen and oxygen atoms in total. The Morgan fingerprint density at radius 1 is 1.21 bits per heavy atom. The van der Waals surface area contributed by atoms with E-state index in [1.165, 1.54) is 17.5 Å². The first kappa shape index (κ1) is 23.2. The molecule has 1 aromatic heterocycles. The van der Waals surface area contributed by atoms with Crippen LogP contribution in [0.2, 0.25) is 5.02 Å². The van der Waals surface area contributed by atoms with Crippen molar-refractivity contribution in [3.63, 3.8) is 0 Å². The number of alkyl halides is 3. The molecule has 2 fully saturated rings. The zero-order valence-corrected chi connectivity index (χ0v) is 19.8. The minimum atomic E-state index is -4.47. The van der Waals surface area contributed by atoms with Crippen molar-refractivity contribution in [2.75, 3.05) is 29.3 Å². The molecule has 0 unspecified atom stereocenters. The van der Waals surface area contributed by atoms with E-state index in [0.29, 0.717) is 40.6 Å². The number of halogens is 4. The number of carbonyl (C=O) groups excluding carboxylic acids is 1. The molecule has 1 N–H and O–H groups in total. The summed E-state index contributed by atoms with van der Waals surface area (Å²) in [5.41, 5.74) is 2.36. The average molecular weight is 515 g/mol. The number of carbonyl (C=O) groups is 1. The maximum absolute atomic E-state index is 13.2. The maximum Gasteiger partial charge on any atom is 0.408 e. The lowest BCUT2D eigenvalue weighted by Crippen LogP contribution is -2.44. The number of piperidine rings is 1. The van der Waals surface area contributed by atoms with Crippen LogP contribution in [0.25, 0.3) is 11.1 Å². The van der Waals surface area contributed by atoms with Gasteiger partial charge in [0.05, 0.1) is 27.6 Å². The van der Waals surface area contributed by atoms with Gasteiger partial charge < -0.3 is 10.2 Å². The molecule has 2 saturated heterocycles. The Morgan fingerprint density at radius 2 is 1.91 bits per heavy atom. The number of pyridine rings is 1. The first-order valence-electron chi connectivity index (χ1n) is 10.8. The first-order valence-corrected chi connectivity index (χ1v) is 12.8. The fourth-order valence-electron chi connectivity index (χ4n) is 5.21. The van der Waals surface area contributed by atoms with Crippen LogP contribution in [-0.2, 0) is 20.6 Å². The van der Waals surface area contributed by atoms with Gasteiger partial charge in [0.2, 0.25) is 15.9 Å². The van der Waals surface area contributed by atoms with E-state index in [1.807, 2.05) is 4.90 Å². The van der Waals surface area contributed by atoms with Crippen LogP contribution in [-0.4, -0.2) is 51.7 Å². The highest BCUT2D eigenvalue weighted by atomic mass is 35.5. The Balaban J connectivity index is 1.43. The molecule has 1 spiro atoms. The van der Waals surface area contributed by atoms with Crippen molar-refractivity contribution in [3.05, 3.63) is 41.2 Å². The van der Waals surface area contributed by atoms with E-state index in [-0.39, 0.29) is 25.0 Å². The summed E-state index contributed by atoms with van der Waals surface area (Å²) in [6, 6.07) is 3.53. The minimum Gasteiger partial charge on any atom is -0.370 e. The largest absolute Gasteiger partial charge is 0.408 e. The van der Waals surface area contributed by atoms with Crippen LogP contribution in [0.4, 0.5) is 24.5 Å². The summed E-state index contributed by atoms with van der Waals surface area (Å²) in [7, 11) is -1.88. The predicted molar refractivity (Wildman–Crippen MR) is 122 cm³/mol. The number of hydrogen-bond acceptors (Lipinski definition) is 5. The molecule has 1 aromatic carbocycles. The van der Waals surface area contributed by atoms with Crippen molar-refractivity contribution >= 4 is 38.9 Å². The van der Waals surface area contributed by atoms with Gasteiger partial charge in [0.25, 0.3) is 0 Å². The van der Waals surface area contributed by atoms with Crippen LogP contribution in [0.3, 0.4) is 0 Å². The topological polar surface area (TPSA) is 82.6 Å². The quantitative estimate of drug-likeness (QED) is 0.660. The van der Waals surface area contributed by atoms with E-state index in [9.17, 15) is 26.4 Å². The molecular formula is C22H22ClF3N4O3S. The third kappa shape index (κ3) is 3.69. The molecule has 3 aliphatic heterocycles. The summed E-state index contributed by atoms with van der Waals surface area (Å²) in [4.78, 5) is 18.6. The van der Waals surface area contributed by atoms with Gasteiger partial charge >= 0.3 is 6.18 Å². The number of nitrogens with zero attached hydrogens (tertiary/aromatic N) is 3. The average Bonchev–Trinajstić information content (AvgIpc) is 3.21. The third-order valence-electron chi connectivity index (χ3n) is 7.17. The smallest absolute Gasteiger partial charge is 0.370 e. The Morgan fingerprint density at radius 3 is 2.56 bits per heavy atom. The van der Waals surface area contributed by atoms with E-state index in [1.54, 1.807) is 24.4 Å². The zero-order chi connectivity index (χ0) is 24.5. The van der Waals surface area contributed by atoms with Crippen molar-refractivity contribution in [3.8, 4) is 11.1 Å². The van der Waals surface area contributed by atoms with E-state index < -0.39 is 33.6 Å². The Bertz CT molecular complexity index is 1280. The summed E-state index contributed by atoms with van der Waals surface area (Å²) < 4.78 is 65.3. The molecule has 12 heteroatoms. The number of fused-ring (bicyclic) bond motifs is 1. The lowest BCUT2D eigenvalue weighted by molar-refractivity contribution is -0.155. The fourth-order valence-corrected chi connectivity index (χ4v) is 6.79. The number of nitrogens with one attached hydrogen (secondary N) is 1. The number of aromatic nitrogens is 1. The van der Waals surface area contributed by atoms with Crippen LogP contribution >= 0.6 is 11.6 Å². The second-order valence-corrected chi connectivity index (χ2v) is 11.5. The van der Waals surface area contributed by atoms with E-state index in [4.69, 9.17) is 11.6 Å². The van der Waals surface area contributed by atoms with Gasteiger partial charge in [0.1, 0.15) is 6.04 Å². The van der Waals surface area contributed by atoms with Crippen LogP contribution in [0.1, 0.15) is 24.8 Å². The minimum absolute atomic E-state index is 0.0995. The zero-order valence-electron chi connectivity index (χ0n) is 18.2. The first-order chi connectivity index (χ1) is 15.9. The Kier molecular flexibility index (Phi) is 5.29. The number of hydrogen-bond donors (Lipinski definition) is 1. The summed E-state index contributed by atoms with van der Waals surface area (Å²) in [6.07, 6.45) is -1.03. The van der Waals surface area contributed by atoms with Gasteiger partial charge in [-0.15, -0.1) is 0 Å². The molecular weight excluding hydrogens is 493 g/mol. The summed E-state index contributed by atoms with van der Waals surface area (Å²) in [5.74, 6) is -0.642. The molecule has 4 heterocycles. The van der Waals surface area contributed by atoms with Gasteiger partial charge in [-0.2, -0.15) is 13.2 Å². The number of amides is 1. The van der Waals surface area contributed by atoms with E-state index in [0.717, 1.165) is 5.56 Å². The van der Waals surface area contributed by atoms with Gasteiger partial charge in [-0.3, -0.25) is 14.1 Å². The highest BCUT2D eigenvalue weighted by Gasteiger charge is 2.56. The molecule has 34 heavy (non-hydrogen) atoms. The highest BCUT2D eigenvalue weighted by molar-refractivity contribution is 7.92. The third-order valence-corrected chi connectivity index (χ3v) is 9.16. The Hall–Kier alpha value is -2.53. The molecule has 2 aromatic rings. The van der Waals surface area contributed by atoms with Crippen LogP contribution < -0.4 is 14.5 Å². The Labute approximate surface area is 199 Å². The van der Waals surface area contributed by atoms with Gasteiger partial charge in [0, 0.05) is 38.1 Å². The second kappa shape index (κ2) is 7.74. The van der Waals surface area contributed by atoms with Gasteiger partial charge in [-0.25, -0.2) is 8.42 Å². The van der Waals surface area contributed by atoms with Crippen molar-refractivity contribution in [2.24, 2.45) is 5.41 Å². The highest BCUT2D eigenvalue weighted by Crippen LogP contribution is 2.47. The van der Waals surface area contributed by atoms with Crippen molar-refractivity contribution in [2.45, 2.75) is 37.2 Å². The lowest BCUT2D eigenvalue weighted by atomic mass is 9.75. The van der Waals surface area contributed by atoms with Gasteiger partial charge in [-0.05, 0) is 42.5 Å². The molecule has 3 aliphatic rings. The summed E-state index contributed by atoms with van der Waals surface area (Å²) >= 11 is 6.52. The summed E-state index contributed by atoms with van der Waals surface area (Å²) in [6.45, 7) is 0.716. The van der Waals surface area contributed by atoms with Crippen molar-refractivity contribution < 1.29 is 26.4 Å². The fraction of sp³-hybridized carbons (Fsp3) is 0.455. The number of benzene rings is 1. The number of sulfonamides is 1. The van der Waals surface area contributed by atoms with Crippen LogP contribution in [0.15, 0.2) is 30.6 Å². The van der Waals surface area contributed by atoms with E-state index in [2.05, 4.69) is 10.3 Å². The van der Waals surface area contributed by atoms with Gasteiger partial charge in [-0.1, -0.05) is 17.7 Å². The SMILES string of the molecule is CN1c2ccc(-c3cncc(Cl)c3N3CCC4(CC3)C[C@@H](C(F)(F)F)NC4=O)cc2CS1(=O)=O. The summed E-state index contributed by atoms with van der Waals surface area (Å²) in [5, 5.41) is 2.50. The van der Waals surface area contributed by atoms with Crippen LogP contribution in [0, 0.1) is 5.41 Å². The standard InChI is InChI=1S/C22H22ClF3N4O3S/c1-29-17-3-2-13(8-14(17)12-34(29,32)33)15-10-27-11-16(23)19(15)30-6-4-21(5-7-30)9-18(22(24,25)26)28-20(21)31/h2-3,8,10-11,18H,4-7,9,12H2,1H3,(H,28,31)/t18-/m0/s1. The second-order valence-electron chi connectivity index (χ2n) is 9.12. The normalized spacial score (nSPS) is 23.3. The van der Waals surface area contributed by atoms with Gasteiger partial charge in [0.15, 0.2) is 0 Å². The monoisotopic (exact) mass is 514 g/mol. The molecule has 1 atom stereocenters. The molecule has 0 aliphatic carbocycles. The van der Waals surface area contributed by atoms with Crippen LogP contribution in [0.5, 0.6) is 0 Å². The maximum atomic E-state index is 13.2. The molecule has 5 rings (SSSR count). The van der Waals surface area contributed by atoms with Crippen molar-refractivity contribution in [1.82, 2.24) is 10.3 Å². The number of anilines is 2. The number of rotatable bonds is 2. The van der Waals surface area contributed by atoms with Crippen molar-refractivity contribution in [1.29, 1.82) is 0 Å². The van der Waals surface area contributed by atoms with E-state index >= 15 is 0 Å². The molecule has 0 bridgehead atoms.